The predicted molar refractivity (Wildman–Crippen MR) is 116 cm³/mol. The number of imide groups is 1. The van der Waals surface area contributed by atoms with Crippen LogP contribution in [-0.4, -0.2) is 50.9 Å². The Morgan fingerprint density at radius 2 is 1.67 bits per heavy atom. The monoisotopic (exact) mass is 594 g/mol. The maximum absolute atomic E-state index is 13.1. The summed E-state index contributed by atoms with van der Waals surface area (Å²) < 4.78 is 44.1. The molecule has 3 amide bonds. The number of hydrogen-bond acceptors (Lipinski definition) is 5. The van der Waals surface area contributed by atoms with Crippen LogP contribution in [0.15, 0.2) is 24.3 Å². The first-order valence-corrected chi connectivity index (χ1v) is 12.0. The molecule has 0 aromatic heterocycles. The summed E-state index contributed by atoms with van der Waals surface area (Å²) >= 11 is 7.16. The number of fused-ring (bicyclic) bond motifs is 5. The highest BCUT2D eigenvalue weighted by Crippen LogP contribution is 2.60. The Hall–Kier alpha value is -1.95. The van der Waals surface area contributed by atoms with Crippen molar-refractivity contribution >= 4 is 61.2 Å². The zero-order valence-electron chi connectivity index (χ0n) is 17.1. The van der Waals surface area contributed by atoms with E-state index in [1.54, 1.807) is 0 Å². The Morgan fingerprint density at radius 1 is 1.12 bits per heavy atom. The molecular formula is C21H19Br2F3N2O5. The largest absolute Gasteiger partial charge is 0.454 e. The second kappa shape index (κ2) is 8.68. The van der Waals surface area contributed by atoms with E-state index < -0.39 is 65.6 Å². The fourth-order valence-corrected chi connectivity index (χ4v) is 7.02. The van der Waals surface area contributed by atoms with Gasteiger partial charge in [-0.25, -0.2) is 4.79 Å². The van der Waals surface area contributed by atoms with Crippen molar-refractivity contribution < 1.29 is 37.1 Å². The third-order valence-electron chi connectivity index (χ3n) is 6.60. The molecule has 1 N–H and O–H groups in total. The van der Waals surface area contributed by atoms with E-state index >= 15 is 0 Å². The maximum Gasteiger partial charge on any atom is 0.418 e. The zero-order chi connectivity index (χ0) is 24.2. The van der Waals surface area contributed by atoms with Crippen molar-refractivity contribution in [3.63, 3.8) is 0 Å². The van der Waals surface area contributed by atoms with Crippen LogP contribution >= 0.6 is 31.9 Å². The number of halogens is 5. The molecule has 3 fully saturated rings. The van der Waals surface area contributed by atoms with Gasteiger partial charge in [0.05, 0.1) is 23.1 Å². The van der Waals surface area contributed by atoms with Gasteiger partial charge in [-0.1, -0.05) is 44.0 Å². The summed E-state index contributed by atoms with van der Waals surface area (Å²) in [4.78, 5) is 51.5. The summed E-state index contributed by atoms with van der Waals surface area (Å²) in [6.45, 7) is 0.464. The first-order valence-electron chi connectivity index (χ1n) is 10.2. The number of likely N-dealkylation sites (tertiary alicyclic amines) is 1. The van der Waals surface area contributed by atoms with Gasteiger partial charge in [0.25, 0.3) is 5.91 Å². The van der Waals surface area contributed by atoms with Crippen molar-refractivity contribution in [2.24, 2.45) is 23.7 Å². The SMILES string of the molecule is C[C@H](C(=O)OCC(=O)Nc1ccccc1C(F)(F)F)N1C(=O)[C@@H]2[C@H]3C[C@@H]([C@H](Br)[C@H]3Br)[C@H]2C1=O. The van der Waals surface area contributed by atoms with Crippen LogP contribution in [0.3, 0.4) is 0 Å². The molecule has 2 bridgehead atoms. The Labute approximate surface area is 203 Å². The zero-order valence-corrected chi connectivity index (χ0v) is 20.3. The van der Waals surface area contributed by atoms with Gasteiger partial charge < -0.3 is 10.1 Å². The molecule has 7 nitrogen and oxygen atoms in total. The molecule has 1 saturated heterocycles. The molecule has 3 aliphatic rings. The van der Waals surface area contributed by atoms with E-state index in [-0.39, 0.29) is 21.5 Å². The molecule has 1 aromatic rings. The number of amides is 3. The second-order valence-corrected chi connectivity index (χ2v) is 10.5. The minimum atomic E-state index is -4.68. The van der Waals surface area contributed by atoms with Crippen LogP contribution in [0, 0.1) is 23.7 Å². The topological polar surface area (TPSA) is 92.8 Å². The number of para-hydroxylation sites is 1. The number of rotatable bonds is 5. The lowest BCUT2D eigenvalue weighted by Gasteiger charge is -2.28. The lowest BCUT2D eigenvalue weighted by atomic mass is 9.81. The Bertz CT molecular complexity index is 988. The maximum atomic E-state index is 13.1. The number of carbonyl (C=O) groups excluding carboxylic acids is 4. The summed E-state index contributed by atoms with van der Waals surface area (Å²) in [6, 6.07) is 3.14. The van der Waals surface area contributed by atoms with E-state index in [2.05, 4.69) is 37.2 Å². The summed E-state index contributed by atoms with van der Waals surface area (Å²) in [5.41, 5.74) is -1.51. The summed E-state index contributed by atoms with van der Waals surface area (Å²) in [5.74, 6) is -3.89. The van der Waals surface area contributed by atoms with Gasteiger partial charge >= 0.3 is 12.1 Å². The van der Waals surface area contributed by atoms with Crippen molar-refractivity contribution in [3.8, 4) is 0 Å². The third-order valence-corrected chi connectivity index (χ3v) is 9.81. The highest BCUT2D eigenvalue weighted by molar-refractivity contribution is 9.12. The molecule has 1 heterocycles. The van der Waals surface area contributed by atoms with E-state index in [9.17, 15) is 32.3 Å². The van der Waals surface area contributed by atoms with Crippen molar-refractivity contribution in [1.82, 2.24) is 4.90 Å². The number of nitrogens with one attached hydrogen (secondary N) is 1. The van der Waals surface area contributed by atoms with Crippen molar-refractivity contribution in [2.75, 3.05) is 11.9 Å². The molecule has 4 rings (SSSR count). The number of anilines is 1. The molecule has 1 aromatic carbocycles. The first-order chi connectivity index (χ1) is 15.4. The predicted octanol–water partition coefficient (Wildman–Crippen LogP) is 3.35. The minimum Gasteiger partial charge on any atom is -0.454 e. The van der Waals surface area contributed by atoms with Crippen LogP contribution in [0.1, 0.15) is 18.9 Å². The average molecular weight is 596 g/mol. The number of nitrogens with zero attached hydrogens (tertiary/aromatic N) is 1. The molecule has 2 saturated carbocycles. The van der Waals surface area contributed by atoms with Gasteiger partial charge in [0.1, 0.15) is 6.04 Å². The Kier molecular flexibility index (Phi) is 6.36. The normalized spacial score (nSPS) is 31.5. The molecule has 0 spiro atoms. The second-order valence-electron chi connectivity index (χ2n) is 8.43. The van der Waals surface area contributed by atoms with E-state index in [0.29, 0.717) is 0 Å². The van der Waals surface area contributed by atoms with Crippen LogP contribution < -0.4 is 5.32 Å². The summed E-state index contributed by atoms with van der Waals surface area (Å²) in [7, 11) is 0. The molecule has 1 aliphatic heterocycles. The Balaban J connectivity index is 1.38. The smallest absolute Gasteiger partial charge is 0.418 e. The fraction of sp³-hybridized carbons (Fsp3) is 0.524. The van der Waals surface area contributed by atoms with Crippen LogP contribution in [-0.2, 0) is 30.1 Å². The van der Waals surface area contributed by atoms with Crippen LogP contribution in [0.25, 0.3) is 0 Å². The van der Waals surface area contributed by atoms with Gasteiger partial charge in [-0.15, -0.1) is 0 Å². The fourth-order valence-electron chi connectivity index (χ4n) is 5.14. The Morgan fingerprint density at radius 3 is 2.21 bits per heavy atom. The van der Waals surface area contributed by atoms with Gasteiger partial charge in [0, 0.05) is 9.65 Å². The van der Waals surface area contributed by atoms with Crippen LogP contribution in [0.2, 0.25) is 0 Å². The minimum absolute atomic E-state index is 0.0199. The number of carbonyl (C=O) groups is 4. The van der Waals surface area contributed by atoms with E-state index in [0.717, 1.165) is 23.5 Å². The first kappa shape index (κ1) is 24.2. The standard InChI is InChI=1S/C21H19Br2F3N2O5/c1-8(28-18(30)14-9-6-10(15(14)19(28)31)17(23)16(9)22)20(32)33-7-13(29)27-12-5-3-2-4-11(12)21(24,25)26/h2-5,8-10,14-17H,6-7H2,1H3,(H,27,29)/t8-,9-,10-,14-,15-,16+,17+/m1/s1. The number of hydrogen-bond donors (Lipinski definition) is 1. The van der Waals surface area contributed by atoms with Gasteiger partial charge in [-0.05, 0) is 37.3 Å². The third kappa shape index (κ3) is 4.09. The van der Waals surface area contributed by atoms with Crippen LogP contribution in [0.5, 0.6) is 0 Å². The summed E-state index contributed by atoms with van der Waals surface area (Å²) in [5, 5.41) is 2.07. The van der Waals surface area contributed by atoms with Gasteiger partial charge in [-0.3, -0.25) is 19.3 Å². The number of alkyl halides is 5. The molecular weight excluding hydrogens is 577 g/mol. The van der Waals surface area contributed by atoms with E-state index in [1.807, 2.05) is 0 Å². The quantitative estimate of drug-likeness (QED) is 0.320. The molecule has 0 unspecified atom stereocenters. The molecule has 2 aliphatic carbocycles. The lowest BCUT2D eigenvalue weighted by molar-refractivity contribution is -0.159. The van der Waals surface area contributed by atoms with Crippen molar-refractivity contribution in [1.29, 1.82) is 0 Å². The van der Waals surface area contributed by atoms with Crippen LogP contribution in [0.4, 0.5) is 18.9 Å². The number of benzene rings is 1. The highest BCUT2D eigenvalue weighted by atomic mass is 79.9. The molecule has 178 valence electrons. The van der Waals surface area contributed by atoms with Crippen molar-refractivity contribution in [3.05, 3.63) is 29.8 Å². The van der Waals surface area contributed by atoms with Gasteiger partial charge in [0.15, 0.2) is 6.61 Å². The van der Waals surface area contributed by atoms with Gasteiger partial charge in [0.2, 0.25) is 11.8 Å². The lowest BCUT2D eigenvalue weighted by Crippen LogP contribution is -2.45. The van der Waals surface area contributed by atoms with E-state index in [4.69, 9.17) is 4.74 Å². The molecule has 12 heteroatoms. The van der Waals surface area contributed by atoms with E-state index in [1.165, 1.54) is 19.1 Å². The van der Waals surface area contributed by atoms with Crippen molar-refractivity contribution in [2.45, 2.75) is 35.2 Å². The molecule has 33 heavy (non-hydrogen) atoms. The number of esters is 1. The molecule has 0 radical (unpaired) electrons. The number of ether oxygens (including phenoxy) is 1. The van der Waals surface area contributed by atoms with Gasteiger partial charge in [-0.2, -0.15) is 13.2 Å². The highest BCUT2D eigenvalue weighted by Gasteiger charge is 2.67. The molecule has 7 atom stereocenters. The average Bonchev–Trinajstić information content (AvgIpc) is 3.36. The summed E-state index contributed by atoms with van der Waals surface area (Å²) in [6.07, 6.45) is -3.93.